The van der Waals surface area contributed by atoms with Crippen molar-refractivity contribution in [1.82, 2.24) is 5.32 Å². The molecule has 0 bridgehead atoms. The molecule has 16 heavy (non-hydrogen) atoms. The van der Waals surface area contributed by atoms with E-state index in [0.29, 0.717) is 6.04 Å². The summed E-state index contributed by atoms with van der Waals surface area (Å²) < 4.78 is 22.9. The van der Waals surface area contributed by atoms with Crippen LogP contribution in [-0.4, -0.2) is 32.5 Å². The number of hydrogen-bond acceptors (Lipinski definition) is 3. The number of sulfone groups is 1. The monoisotopic (exact) mass is 245 g/mol. The Kier molecular flexibility index (Phi) is 5.49. The SMILES string of the molecule is C/C=C/CCNC1CCCC(S(C)(=O)=O)C1. The van der Waals surface area contributed by atoms with Gasteiger partial charge in [0.15, 0.2) is 0 Å². The molecule has 0 saturated heterocycles. The molecule has 0 aliphatic heterocycles. The molecular weight excluding hydrogens is 222 g/mol. The van der Waals surface area contributed by atoms with Crippen molar-refractivity contribution in [3.63, 3.8) is 0 Å². The Labute approximate surface area is 99.2 Å². The second-order valence-corrected chi connectivity index (χ2v) is 6.95. The lowest BCUT2D eigenvalue weighted by molar-refractivity contribution is 0.375. The van der Waals surface area contributed by atoms with Crippen LogP contribution in [0.1, 0.15) is 39.0 Å². The van der Waals surface area contributed by atoms with Gasteiger partial charge in [-0.25, -0.2) is 8.42 Å². The molecule has 1 rings (SSSR count). The zero-order chi connectivity index (χ0) is 12.0. The zero-order valence-corrected chi connectivity index (χ0v) is 11.1. The lowest BCUT2D eigenvalue weighted by atomic mass is 9.95. The van der Waals surface area contributed by atoms with Gasteiger partial charge in [0.25, 0.3) is 0 Å². The number of nitrogens with one attached hydrogen (secondary N) is 1. The number of rotatable bonds is 5. The highest BCUT2D eigenvalue weighted by Gasteiger charge is 2.28. The molecule has 2 atom stereocenters. The summed E-state index contributed by atoms with van der Waals surface area (Å²) in [5.41, 5.74) is 0. The Morgan fingerprint density at radius 2 is 2.12 bits per heavy atom. The van der Waals surface area contributed by atoms with Crippen LogP contribution < -0.4 is 5.32 Å². The summed E-state index contributed by atoms with van der Waals surface area (Å²) >= 11 is 0. The Morgan fingerprint density at radius 3 is 2.75 bits per heavy atom. The van der Waals surface area contributed by atoms with E-state index in [1.165, 1.54) is 6.26 Å². The molecule has 1 N–H and O–H groups in total. The Hall–Kier alpha value is -0.350. The van der Waals surface area contributed by atoms with Gasteiger partial charge in [-0.2, -0.15) is 0 Å². The predicted octanol–water partition coefficient (Wildman–Crippen LogP) is 1.90. The third-order valence-corrected chi connectivity index (χ3v) is 4.85. The van der Waals surface area contributed by atoms with Gasteiger partial charge in [0, 0.05) is 12.3 Å². The zero-order valence-electron chi connectivity index (χ0n) is 10.3. The quantitative estimate of drug-likeness (QED) is 0.594. The van der Waals surface area contributed by atoms with Crippen molar-refractivity contribution in [1.29, 1.82) is 0 Å². The molecule has 1 saturated carbocycles. The Balaban J connectivity index is 2.33. The van der Waals surface area contributed by atoms with Crippen molar-refractivity contribution in [3.05, 3.63) is 12.2 Å². The van der Waals surface area contributed by atoms with Gasteiger partial charge >= 0.3 is 0 Å². The van der Waals surface area contributed by atoms with E-state index >= 15 is 0 Å². The molecule has 1 aliphatic rings. The third kappa shape index (κ3) is 4.66. The van der Waals surface area contributed by atoms with Crippen molar-refractivity contribution < 1.29 is 8.42 Å². The van der Waals surface area contributed by atoms with Crippen molar-refractivity contribution in [2.24, 2.45) is 0 Å². The lowest BCUT2D eigenvalue weighted by Gasteiger charge is -2.28. The van der Waals surface area contributed by atoms with E-state index in [2.05, 4.69) is 11.4 Å². The number of allylic oxidation sites excluding steroid dienone is 1. The molecule has 3 nitrogen and oxygen atoms in total. The molecule has 1 aliphatic carbocycles. The Morgan fingerprint density at radius 1 is 1.38 bits per heavy atom. The maximum Gasteiger partial charge on any atom is 0.150 e. The summed E-state index contributed by atoms with van der Waals surface area (Å²) in [6.07, 6.45) is 10.3. The molecule has 1 fully saturated rings. The lowest BCUT2D eigenvalue weighted by Crippen LogP contribution is -2.39. The van der Waals surface area contributed by atoms with E-state index in [1.807, 2.05) is 13.0 Å². The highest BCUT2D eigenvalue weighted by Crippen LogP contribution is 2.23. The van der Waals surface area contributed by atoms with Crippen LogP contribution in [-0.2, 0) is 9.84 Å². The van der Waals surface area contributed by atoms with Crippen LogP contribution in [0.5, 0.6) is 0 Å². The van der Waals surface area contributed by atoms with Crippen LogP contribution in [0.2, 0.25) is 0 Å². The fourth-order valence-corrected chi connectivity index (χ4v) is 3.43. The molecule has 2 unspecified atom stereocenters. The summed E-state index contributed by atoms with van der Waals surface area (Å²) in [7, 11) is -2.85. The van der Waals surface area contributed by atoms with E-state index < -0.39 is 9.84 Å². The molecule has 0 radical (unpaired) electrons. The van der Waals surface area contributed by atoms with Crippen molar-refractivity contribution in [2.75, 3.05) is 12.8 Å². The first-order valence-corrected chi connectivity index (χ1v) is 8.03. The maximum absolute atomic E-state index is 11.5. The largest absolute Gasteiger partial charge is 0.314 e. The first-order chi connectivity index (χ1) is 7.54. The molecule has 0 aromatic rings. The van der Waals surface area contributed by atoms with Gasteiger partial charge in [-0.1, -0.05) is 18.6 Å². The first-order valence-electron chi connectivity index (χ1n) is 6.07. The van der Waals surface area contributed by atoms with E-state index in [0.717, 1.165) is 38.6 Å². The van der Waals surface area contributed by atoms with Crippen LogP contribution in [0, 0.1) is 0 Å². The van der Waals surface area contributed by atoms with Gasteiger partial charge in [-0.15, -0.1) is 0 Å². The van der Waals surface area contributed by atoms with Crippen LogP contribution in [0.15, 0.2) is 12.2 Å². The molecule has 4 heteroatoms. The average Bonchev–Trinajstić information content (AvgIpc) is 2.24. The minimum Gasteiger partial charge on any atom is -0.314 e. The molecular formula is C12H23NO2S. The van der Waals surface area contributed by atoms with Crippen molar-refractivity contribution >= 4 is 9.84 Å². The van der Waals surface area contributed by atoms with E-state index in [-0.39, 0.29) is 5.25 Å². The fourth-order valence-electron chi connectivity index (χ4n) is 2.26. The van der Waals surface area contributed by atoms with Crippen molar-refractivity contribution in [2.45, 2.75) is 50.3 Å². The molecule has 0 spiro atoms. The summed E-state index contributed by atoms with van der Waals surface area (Å²) in [4.78, 5) is 0. The predicted molar refractivity (Wildman–Crippen MR) is 68.3 cm³/mol. The van der Waals surface area contributed by atoms with E-state index in [1.54, 1.807) is 0 Å². The summed E-state index contributed by atoms with van der Waals surface area (Å²) in [6.45, 7) is 2.96. The second-order valence-electron chi connectivity index (χ2n) is 4.63. The maximum atomic E-state index is 11.5. The van der Waals surface area contributed by atoms with Crippen LogP contribution in [0.4, 0.5) is 0 Å². The average molecular weight is 245 g/mol. The second kappa shape index (κ2) is 6.40. The standard InChI is InChI=1S/C12H23NO2S/c1-3-4-5-9-13-11-7-6-8-12(10-11)16(2,14)15/h3-4,11-13H,5-10H2,1-2H3/b4-3+. The van der Waals surface area contributed by atoms with Gasteiger partial charge in [0.2, 0.25) is 0 Å². The van der Waals surface area contributed by atoms with E-state index in [9.17, 15) is 8.42 Å². The number of hydrogen-bond donors (Lipinski definition) is 1. The van der Waals surface area contributed by atoms with E-state index in [4.69, 9.17) is 0 Å². The molecule has 0 heterocycles. The summed E-state index contributed by atoms with van der Waals surface area (Å²) in [6, 6.07) is 0.388. The smallest absolute Gasteiger partial charge is 0.150 e. The molecule has 0 aromatic carbocycles. The van der Waals surface area contributed by atoms with Gasteiger partial charge in [-0.05, 0) is 39.2 Å². The van der Waals surface area contributed by atoms with Crippen LogP contribution in [0.3, 0.4) is 0 Å². The fraction of sp³-hybridized carbons (Fsp3) is 0.833. The Bertz CT molecular complexity index is 322. The highest BCUT2D eigenvalue weighted by atomic mass is 32.2. The first kappa shape index (κ1) is 13.7. The molecule has 0 amide bonds. The summed E-state index contributed by atoms with van der Waals surface area (Å²) in [5, 5.41) is 3.32. The van der Waals surface area contributed by atoms with Gasteiger partial charge in [0.1, 0.15) is 9.84 Å². The normalized spacial score (nSPS) is 27.4. The molecule has 94 valence electrons. The topological polar surface area (TPSA) is 46.2 Å². The third-order valence-electron chi connectivity index (χ3n) is 3.21. The van der Waals surface area contributed by atoms with Crippen LogP contribution >= 0.6 is 0 Å². The molecule has 0 aromatic heterocycles. The van der Waals surface area contributed by atoms with Crippen LogP contribution in [0.25, 0.3) is 0 Å². The summed E-state index contributed by atoms with van der Waals surface area (Å²) in [5.74, 6) is 0. The minimum absolute atomic E-state index is 0.125. The van der Waals surface area contributed by atoms with Crippen molar-refractivity contribution in [3.8, 4) is 0 Å². The highest BCUT2D eigenvalue weighted by molar-refractivity contribution is 7.91. The van der Waals surface area contributed by atoms with Gasteiger partial charge in [-0.3, -0.25) is 0 Å². The van der Waals surface area contributed by atoms with Gasteiger partial charge < -0.3 is 5.32 Å². The minimum atomic E-state index is -2.85. The van der Waals surface area contributed by atoms with Gasteiger partial charge in [0.05, 0.1) is 5.25 Å².